The number of halogens is 2. The molecule has 4 atom stereocenters. The normalized spacial score (nSPS) is 20.5. The smallest absolute Gasteiger partial charge is 0.350 e. The maximum absolute atomic E-state index is 15.0. The summed E-state index contributed by atoms with van der Waals surface area (Å²) in [5, 5.41) is 18.5. The molecule has 2 aliphatic heterocycles. The topological polar surface area (TPSA) is 116 Å². The molecular formula is C37H42F2N8O4. The van der Waals surface area contributed by atoms with Crippen molar-refractivity contribution in [2.45, 2.75) is 51.0 Å². The van der Waals surface area contributed by atoms with Crippen LogP contribution in [0.3, 0.4) is 0 Å². The first-order valence-corrected chi connectivity index (χ1v) is 17.3. The third kappa shape index (κ3) is 7.24. The molecule has 0 radical (unpaired) electrons. The van der Waals surface area contributed by atoms with Gasteiger partial charge in [0, 0.05) is 55.1 Å². The second kappa shape index (κ2) is 14.6. The van der Waals surface area contributed by atoms with Gasteiger partial charge in [-0.2, -0.15) is 14.9 Å². The van der Waals surface area contributed by atoms with Gasteiger partial charge in [-0.15, -0.1) is 0 Å². The largest absolute Gasteiger partial charge is 0.493 e. The average molecular weight is 701 g/mol. The number of hydrogen-bond acceptors (Lipinski definition) is 9. The standard InChI is InChI=1S/C37H42F2N8O4/c1-3-35(26(2)48)46-25-42-47(36(46)49)31-7-5-29(6-8-31)43-14-16-44(17-15-43)30-9-11-32(12-10-30)50-20-27-19-37(51-21-27,22-45-24-40-23-41-45)33-13-4-28(38)18-34(33)39/h4-13,18,23-27,35,48H,3,14-17,19-22H2,1-2H3. The van der Waals surface area contributed by atoms with Crippen molar-refractivity contribution >= 4 is 11.4 Å². The fourth-order valence-corrected chi connectivity index (χ4v) is 7.27. The molecule has 12 nitrogen and oxygen atoms in total. The van der Waals surface area contributed by atoms with Crippen molar-refractivity contribution in [1.29, 1.82) is 0 Å². The van der Waals surface area contributed by atoms with E-state index in [-0.39, 0.29) is 24.2 Å². The second-order valence-electron chi connectivity index (χ2n) is 13.3. The zero-order chi connectivity index (χ0) is 35.5. The lowest BCUT2D eigenvalue weighted by atomic mass is 9.87. The van der Waals surface area contributed by atoms with Crippen molar-refractivity contribution in [2.24, 2.45) is 5.92 Å². The third-order valence-electron chi connectivity index (χ3n) is 9.97. The van der Waals surface area contributed by atoms with Gasteiger partial charge in [0.15, 0.2) is 0 Å². The van der Waals surface area contributed by atoms with E-state index in [1.165, 1.54) is 34.0 Å². The molecule has 5 aromatic rings. The minimum Gasteiger partial charge on any atom is -0.493 e. The summed E-state index contributed by atoms with van der Waals surface area (Å²) in [4.78, 5) is 21.7. The molecule has 4 unspecified atom stereocenters. The quantitative estimate of drug-likeness (QED) is 0.200. The van der Waals surface area contributed by atoms with E-state index in [4.69, 9.17) is 9.47 Å². The second-order valence-corrected chi connectivity index (χ2v) is 13.3. The van der Waals surface area contributed by atoms with Crippen LogP contribution in [0.25, 0.3) is 5.69 Å². The van der Waals surface area contributed by atoms with Crippen LogP contribution in [0.1, 0.15) is 38.3 Å². The molecular weight excluding hydrogens is 658 g/mol. The van der Waals surface area contributed by atoms with Gasteiger partial charge in [0.2, 0.25) is 0 Å². The minimum atomic E-state index is -1.02. The molecule has 2 saturated heterocycles. The average Bonchev–Trinajstić information content (AvgIpc) is 3.90. The Bertz CT molecular complexity index is 1960. The van der Waals surface area contributed by atoms with Crippen molar-refractivity contribution in [2.75, 3.05) is 49.2 Å². The monoisotopic (exact) mass is 700 g/mol. The van der Waals surface area contributed by atoms with Crippen LogP contribution in [0, 0.1) is 17.6 Å². The molecule has 268 valence electrons. The highest BCUT2D eigenvalue weighted by Crippen LogP contribution is 2.42. The van der Waals surface area contributed by atoms with Crippen molar-refractivity contribution in [3.05, 3.63) is 113 Å². The van der Waals surface area contributed by atoms with Crippen LogP contribution in [0.5, 0.6) is 5.75 Å². The Kier molecular flexibility index (Phi) is 9.87. The number of aliphatic hydroxyl groups is 1. The fraction of sp³-hybridized carbons (Fsp3) is 0.405. The number of aliphatic hydroxyl groups excluding tert-OH is 1. The summed E-state index contributed by atoms with van der Waals surface area (Å²) in [6.07, 6.45) is 4.92. The number of aromatic nitrogens is 6. The Morgan fingerprint density at radius 3 is 2.22 bits per heavy atom. The molecule has 0 amide bonds. The van der Waals surface area contributed by atoms with Crippen LogP contribution in [0.4, 0.5) is 20.2 Å². The molecule has 3 aromatic carbocycles. The van der Waals surface area contributed by atoms with Gasteiger partial charge in [0.25, 0.3) is 0 Å². The molecule has 0 bridgehead atoms. The predicted molar refractivity (Wildman–Crippen MR) is 187 cm³/mol. The Morgan fingerprint density at radius 1 is 0.941 bits per heavy atom. The summed E-state index contributed by atoms with van der Waals surface area (Å²) in [6.45, 7) is 7.98. The molecule has 0 spiro atoms. The van der Waals surface area contributed by atoms with Crippen molar-refractivity contribution in [3.8, 4) is 11.4 Å². The Hall–Kier alpha value is -5.08. The molecule has 14 heteroatoms. The number of nitrogens with zero attached hydrogens (tertiary/aromatic N) is 8. The lowest BCUT2D eigenvalue weighted by Crippen LogP contribution is -2.46. The highest BCUT2D eigenvalue weighted by Gasteiger charge is 2.44. The maximum atomic E-state index is 15.0. The predicted octanol–water partition coefficient (Wildman–Crippen LogP) is 4.57. The van der Waals surface area contributed by atoms with Gasteiger partial charge >= 0.3 is 5.69 Å². The summed E-state index contributed by atoms with van der Waals surface area (Å²) < 4.78 is 45.6. The highest BCUT2D eigenvalue weighted by atomic mass is 19.1. The highest BCUT2D eigenvalue weighted by molar-refractivity contribution is 5.54. The van der Waals surface area contributed by atoms with Crippen LogP contribution in [0.15, 0.2) is 90.5 Å². The Morgan fingerprint density at radius 2 is 1.61 bits per heavy atom. The van der Waals surface area contributed by atoms with Crippen molar-refractivity contribution in [1.82, 2.24) is 29.1 Å². The molecule has 7 rings (SSSR count). The van der Waals surface area contributed by atoms with Crippen LogP contribution in [-0.4, -0.2) is 79.7 Å². The molecule has 4 heterocycles. The zero-order valence-electron chi connectivity index (χ0n) is 28.7. The van der Waals surface area contributed by atoms with E-state index in [1.807, 2.05) is 43.3 Å². The van der Waals surface area contributed by atoms with Gasteiger partial charge in [-0.05, 0) is 74.4 Å². The van der Waals surface area contributed by atoms with E-state index in [0.717, 1.165) is 49.4 Å². The maximum Gasteiger partial charge on any atom is 0.350 e. The number of anilines is 2. The van der Waals surface area contributed by atoms with Gasteiger partial charge < -0.3 is 24.4 Å². The van der Waals surface area contributed by atoms with Crippen LogP contribution >= 0.6 is 0 Å². The van der Waals surface area contributed by atoms with Crippen molar-refractivity contribution in [3.63, 3.8) is 0 Å². The molecule has 2 fully saturated rings. The molecule has 1 N–H and O–H groups in total. The van der Waals surface area contributed by atoms with E-state index in [1.54, 1.807) is 17.9 Å². The summed E-state index contributed by atoms with van der Waals surface area (Å²) >= 11 is 0. The minimum absolute atomic E-state index is 0.0125. The summed E-state index contributed by atoms with van der Waals surface area (Å²) in [5.74, 6) is -0.564. The van der Waals surface area contributed by atoms with E-state index in [9.17, 15) is 18.7 Å². The number of benzene rings is 3. The lowest BCUT2D eigenvalue weighted by Gasteiger charge is -2.37. The Balaban J connectivity index is 0.923. The first kappa shape index (κ1) is 34.4. The number of piperazine rings is 1. The molecule has 0 saturated carbocycles. The van der Waals surface area contributed by atoms with E-state index < -0.39 is 23.3 Å². The number of rotatable bonds is 12. The SMILES string of the molecule is CCC(C(C)O)n1cnn(-c2ccc(N3CCN(c4ccc(OCC5COC(Cn6cncn6)(c6ccc(F)cc6F)C5)cc4)CC3)cc2)c1=O. The first-order valence-electron chi connectivity index (χ1n) is 17.3. The van der Waals surface area contributed by atoms with E-state index >= 15 is 0 Å². The van der Waals surface area contributed by atoms with Crippen molar-refractivity contribution < 1.29 is 23.4 Å². The first-order chi connectivity index (χ1) is 24.7. The molecule has 2 aromatic heterocycles. The summed E-state index contributed by atoms with van der Waals surface area (Å²) in [7, 11) is 0. The summed E-state index contributed by atoms with van der Waals surface area (Å²) in [5.41, 5.74) is 1.87. The zero-order valence-corrected chi connectivity index (χ0v) is 28.7. The molecule has 0 aliphatic carbocycles. The van der Waals surface area contributed by atoms with Gasteiger partial charge in [-0.1, -0.05) is 13.0 Å². The lowest BCUT2D eigenvalue weighted by molar-refractivity contribution is -0.0206. The molecule has 2 aliphatic rings. The van der Waals surface area contributed by atoms with Gasteiger partial charge in [0.05, 0.1) is 37.6 Å². The fourth-order valence-electron chi connectivity index (χ4n) is 7.27. The number of ether oxygens (including phenoxy) is 2. The Labute approximate surface area is 294 Å². The van der Waals surface area contributed by atoms with Crippen LogP contribution in [-0.2, 0) is 16.9 Å². The van der Waals surface area contributed by atoms with Gasteiger partial charge in [0.1, 0.15) is 42.0 Å². The van der Waals surface area contributed by atoms with Crippen LogP contribution < -0.4 is 20.2 Å². The summed E-state index contributed by atoms with van der Waals surface area (Å²) in [6, 6.07) is 19.1. The van der Waals surface area contributed by atoms with Gasteiger partial charge in [-0.25, -0.2) is 23.2 Å². The third-order valence-corrected chi connectivity index (χ3v) is 9.97. The van der Waals surface area contributed by atoms with Gasteiger partial charge in [-0.3, -0.25) is 4.57 Å². The van der Waals surface area contributed by atoms with E-state index in [0.29, 0.717) is 37.3 Å². The van der Waals surface area contributed by atoms with E-state index in [2.05, 4.69) is 37.1 Å². The van der Waals surface area contributed by atoms with Crippen LogP contribution in [0.2, 0.25) is 0 Å². The number of hydrogen-bond donors (Lipinski definition) is 1. The molecule has 51 heavy (non-hydrogen) atoms.